The number of ether oxygens (including phenoxy) is 2. The van der Waals surface area contributed by atoms with Crippen molar-refractivity contribution in [2.45, 2.75) is 32.1 Å². The van der Waals surface area contributed by atoms with Gasteiger partial charge in [-0.05, 0) is 30.9 Å². The number of hydrogen-bond acceptors (Lipinski definition) is 4. The van der Waals surface area contributed by atoms with E-state index in [1.54, 1.807) is 24.3 Å². The summed E-state index contributed by atoms with van der Waals surface area (Å²) in [4.78, 5) is 11.6. The summed E-state index contributed by atoms with van der Waals surface area (Å²) in [5.74, 6) is 0.813. The molecule has 1 aliphatic carbocycles. The lowest BCUT2D eigenvalue weighted by atomic mass is 9.90. The van der Waals surface area contributed by atoms with E-state index in [2.05, 4.69) is 0 Å². The first kappa shape index (κ1) is 13.7. The number of anilines is 1. The summed E-state index contributed by atoms with van der Waals surface area (Å²) in [5, 5.41) is 0. The molecule has 0 saturated heterocycles. The lowest BCUT2D eigenvalue weighted by molar-refractivity contribution is -0.147. The smallest absolute Gasteiger partial charge is 0.344 e. The SMILES string of the molecule is Nc1cccc(OCC(=O)OCC2CCCCC2)c1. The molecule has 2 N–H and O–H groups in total. The Hall–Kier alpha value is -1.71. The van der Waals surface area contributed by atoms with Crippen LogP contribution >= 0.6 is 0 Å². The minimum atomic E-state index is -0.312. The number of esters is 1. The predicted molar refractivity (Wildman–Crippen MR) is 73.9 cm³/mol. The van der Waals surface area contributed by atoms with Gasteiger partial charge in [0.15, 0.2) is 6.61 Å². The van der Waals surface area contributed by atoms with Crippen LogP contribution < -0.4 is 10.5 Å². The molecule has 0 radical (unpaired) electrons. The highest BCUT2D eigenvalue weighted by Crippen LogP contribution is 2.23. The first-order valence-corrected chi connectivity index (χ1v) is 6.88. The van der Waals surface area contributed by atoms with Crippen LogP contribution in [0.15, 0.2) is 24.3 Å². The van der Waals surface area contributed by atoms with Crippen LogP contribution in [0.1, 0.15) is 32.1 Å². The molecule has 1 aromatic carbocycles. The number of carbonyl (C=O) groups excluding carboxylic acids is 1. The molecule has 0 aliphatic heterocycles. The number of rotatable bonds is 5. The fraction of sp³-hybridized carbons (Fsp3) is 0.533. The Balaban J connectivity index is 1.66. The summed E-state index contributed by atoms with van der Waals surface area (Å²) in [6.45, 7) is 0.468. The van der Waals surface area contributed by atoms with E-state index in [-0.39, 0.29) is 12.6 Å². The summed E-state index contributed by atoms with van der Waals surface area (Å²) in [6.07, 6.45) is 6.15. The molecule has 1 aromatic rings. The van der Waals surface area contributed by atoms with E-state index < -0.39 is 0 Å². The molecule has 0 atom stereocenters. The fourth-order valence-corrected chi connectivity index (χ4v) is 2.35. The summed E-state index contributed by atoms with van der Waals surface area (Å²) in [7, 11) is 0. The molecule has 0 amide bonds. The van der Waals surface area contributed by atoms with E-state index in [0.29, 0.717) is 24.0 Å². The number of carbonyl (C=O) groups is 1. The molecule has 1 saturated carbocycles. The van der Waals surface area contributed by atoms with Crippen molar-refractivity contribution in [1.29, 1.82) is 0 Å². The molecule has 4 nitrogen and oxygen atoms in total. The maximum Gasteiger partial charge on any atom is 0.344 e. The van der Waals surface area contributed by atoms with Crippen molar-refractivity contribution in [2.24, 2.45) is 5.92 Å². The van der Waals surface area contributed by atoms with Gasteiger partial charge in [-0.25, -0.2) is 4.79 Å². The van der Waals surface area contributed by atoms with Crippen LogP contribution in [0.5, 0.6) is 5.75 Å². The zero-order valence-electron chi connectivity index (χ0n) is 11.1. The maximum absolute atomic E-state index is 11.6. The third-order valence-electron chi connectivity index (χ3n) is 3.42. The van der Waals surface area contributed by atoms with Gasteiger partial charge in [-0.15, -0.1) is 0 Å². The Kier molecular flexibility index (Phi) is 5.07. The Labute approximate surface area is 113 Å². The lowest BCUT2D eigenvalue weighted by Crippen LogP contribution is -2.20. The van der Waals surface area contributed by atoms with E-state index in [4.69, 9.17) is 15.2 Å². The highest BCUT2D eigenvalue weighted by Gasteiger charge is 2.15. The van der Waals surface area contributed by atoms with E-state index >= 15 is 0 Å². The Morgan fingerprint density at radius 3 is 2.79 bits per heavy atom. The number of nitrogen functional groups attached to an aromatic ring is 1. The van der Waals surface area contributed by atoms with Crippen molar-refractivity contribution in [3.05, 3.63) is 24.3 Å². The van der Waals surface area contributed by atoms with Gasteiger partial charge in [0.2, 0.25) is 0 Å². The molecule has 0 aromatic heterocycles. The van der Waals surface area contributed by atoms with Crippen LogP contribution in [0.2, 0.25) is 0 Å². The van der Waals surface area contributed by atoms with Gasteiger partial charge >= 0.3 is 5.97 Å². The quantitative estimate of drug-likeness (QED) is 0.655. The molecule has 1 aliphatic rings. The maximum atomic E-state index is 11.6. The van der Waals surface area contributed by atoms with Gasteiger partial charge in [0.1, 0.15) is 5.75 Å². The second-order valence-electron chi connectivity index (χ2n) is 5.05. The van der Waals surface area contributed by atoms with Gasteiger partial charge in [0.05, 0.1) is 6.61 Å². The molecular formula is C15H21NO3. The first-order valence-electron chi connectivity index (χ1n) is 6.88. The zero-order chi connectivity index (χ0) is 13.5. The van der Waals surface area contributed by atoms with Crippen LogP contribution in [0.25, 0.3) is 0 Å². The van der Waals surface area contributed by atoms with Crippen LogP contribution in [0, 0.1) is 5.92 Å². The van der Waals surface area contributed by atoms with Crippen molar-refractivity contribution in [2.75, 3.05) is 18.9 Å². The summed E-state index contributed by atoms with van der Waals surface area (Å²) in [6, 6.07) is 7.02. The predicted octanol–water partition coefficient (Wildman–Crippen LogP) is 2.77. The number of hydrogen-bond donors (Lipinski definition) is 1. The van der Waals surface area contributed by atoms with Crippen molar-refractivity contribution in [1.82, 2.24) is 0 Å². The lowest BCUT2D eigenvalue weighted by Gasteiger charge is -2.21. The molecule has 104 valence electrons. The third-order valence-corrected chi connectivity index (χ3v) is 3.42. The first-order chi connectivity index (χ1) is 9.24. The normalized spacial score (nSPS) is 16.0. The minimum Gasteiger partial charge on any atom is -0.482 e. The van der Waals surface area contributed by atoms with Gasteiger partial charge in [-0.1, -0.05) is 25.3 Å². The van der Waals surface area contributed by atoms with Crippen molar-refractivity contribution in [3.63, 3.8) is 0 Å². The molecule has 0 bridgehead atoms. The Morgan fingerprint density at radius 2 is 2.05 bits per heavy atom. The van der Waals surface area contributed by atoms with Crippen LogP contribution in [-0.4, -0.2) is 19.2 Å². The number of nitrogens with two attached hydrogens (primary N) is 1. The zero-order valence-corrected chi connectivity index (χ0v) is 11.1. The average molecular weight is 263 g/mol. The molecule has 0 spiro atoms. The number of benzene rings is 1. The third kappa shape index (κ3) is 4.81. The molecule has 4 heteroatoms. The largest absolute Gasteiger partial charge is 0.482 e. The second kappa shape index (κ2) is 7.02. The highest BCUT2D eigenvalue weighted by molar-refractivity contribution is 5.71. The highest BCUT2D eigenvalue weighted by atomic mass is 16.6. The molecule has 1 fully saturated rings. The van der Waals surface area contributed by atoms with E-state index in [0.717, 1.165) is 0 Å². The minimum absolute atomic E-state index is 0.0594. The van der Waals surface area contributed by atoms with Crippen LogP contribution in [0.3, 0.4) is 0 Å². The summed E-state index contributed by atoms with van der Waals surface area (Å²) >= 11 is 0. The van der Waals surface area contributed by atoms with Crippen LogP contribution in [0.4, 0.5) is 5.69 Å². The second-order valence-corrected chi connectivity index (χ2v) is 5.05. The van der Waals surface area contributed by atoms with E-state index in [1.807, 2.05) is 0 Å². The van der Waals surface area contributed by atoms with Crippen molar-refractivity contribution >= 4 is 11.7 Å². The Morgan fingerprint density at radius 1 is 1.26 bits per heavy atom. The van der Waals surface area contributed by atoms with Gasteiger partial charge in [-0.2, -0.15) is 0 Å². The average Bonchev–Trinajstić information content (AvgIpc) is 2.44. The monoisotopic (exact) mass is 263 g/mol. The van der Waals surface area contributed by atoms with Crippen molar-refractivity contribution < 1.29 is 14.3 Å². The standard InChI is InChI=1S/C15H21NO3/c16-13-7-4-8-14(9-13)18-11-15(17)19-10-12-5-2-1-3-6-12/h4,7-9,12H,1-3,5-6,10-11,16H2. The van der Waals surface area contributed by atoms with Crippen molar-refractivity contribution in [3.8, 4) is 5.75 Å². The molecular weight excluding hydrogens is 242 g/mol. The van der Waals surface area contributed by atoms with Gasteiger partial charge in [0.25, 0.3) is 0 Å². The van der Waals surface area contributed by atoms with Gasteiger partial charge < -0.3 is 15.2 Å². The molecule has 0 unspecified atom stereocenters. The molecule has 0 heterocycles. The molecule has 2 rings (SSSR count). The topological polar surface area (TPSA) is 61.5 Å². The fourth-order valence-electron chi connectivity index (χ4n) is 2.35. The summed E-state index contributed by atoms with van der Waals surface area (Å²) < 4.78 is 10.6. The van der Waals surface area contributed by atoms with E-state index in [1.165, 1.54) is 32.1 Å². The summed E-state index contributed by atoms with van der Waals surface area (Å²) in [5.41, 5.74) is 6.24. The molecule has 19 heavy (non-hydrogen) atoms. The Bertz CT molecular complexity index is 414. The van der Waals surface area contributed by atoms with Gasteiger partial charge in [-0.3, -0.25) is 0 Å². The van der Waals surface area contributed by atoms with Crippen LogP contribution in [-0.2, 0) is 9.53 Å². The van der Waals surface area contributed by atoms with Gasteiger partial charge in [0, 0.05) is 11.8 Å². The van der Waals surface area contributed by atoms with E-state index in [9.17, 15) is 4.79 Å².